The van der Waals surface area contributed by atoms with Crippen molar-refractivity contribution in [2.75, 3.05) is 17.9 Å². The van der Waals surface area contributed by atoms with E-state index in [1.54, 1.807) is 30.5 Å². The molecular formula is C18H23N3O3S. The second kappa shape index (κ2) is 8.11. The molecule has 0 saturated carbocycles. The Kier molecular flexibility index (Phi) is 6.14. The van der Waals surface area contributed by atoms with Gasteiger partial charge in [-0.3, -0.25) is 14.1 Å². The number of benzene rings is 1. The lowest BCUT2D eigenvalue weighted by Gasteiger charge is -2.20. The van der Waals surface area contributed by atoms with Crippen molar-refractivity contribution in [3.05, 3.63) is 54.4 Å². The third-order valence-electron chi connectivity index (χ3n) is 3.79. The first-order valence-corrected chi connectivity index (χ1v) is 9.54. The molecule has 0 unspecified atom stereocenters. The summed E-state index contributed by atoms with van der Waals surface area (Å²) in [5, 5.41) is 2.79. The number of amides is 1. The molecule has 25 heavy (non-hydrogen) atoms. The lowest BCUT2D eigenvalue weighted by Crippen LogP contribution is -2.31. The summed E-state index contributed by atoms with van der Waals surface area (Å²) in [4.78, 5) is 16.4. The van der Waals surface area contributed by atoms with Crippen LogP contribution >= 0.6 is 0 Å². The number of pyridine rings is 1. The van der Waals surface area contributed by atoms with Gasteiger partial charge in [-0.1, -0.05) is 26.0 Å². The van der Waals surface area contributed by atoms with Crippen LogP contribution in [0.25, 0.3) is 0 Å². The minimum atomic E-state index is -3.88. The van der Waals surface area contributed by atoms with Crippen LogP contribution in [-0.4, -0.2) is 32.9 Å². The van der Waals surface area contributed by atoms with Crippen LogP contribution in [0.1, 0.15) is 30.6 Å². The third kappa shape index (κ3) is 4.57. The molecule has 1 aromatic carbocycles. The zero-order valence-electron chi connectivity index (χ0n) is 14.6. The van der Waals surface area contributed by atoms with Crippen molar-refractivity contribution in [3.63, 3.8) is 0 Å². The second-order valence-electron chi connectivity index (χ2n) is 6.12. The number of carbonyl (C=O) groups is 1. The fourth-order valence-electron chi connectivity index (χ4n) is 2.28. The standard InChI is InChI=1S/C18H23N3O3S/c1-14(2)10-12-20-18(22)16-8-4-5-9-17(16)25(23,24)21(3)15-7-6-11-19-13-15/h4-9,11,13-14H,10,12H2,1-3H3,(H,20,22). The van der Waals surface area contributed by atoms with E-state index in [1.807, 2.05) is 0 Å². The molecule has 7 heteroatoms. The highest BCUT2D eigenvalue weighted by atomic mass is 32.2. The van der Waals surface area contributed by atoms with E-state index >= 15 is 0 Å². The molecule has 0 aliphatic rings. The van der Waals surface area contributed by atoms with E-state index in [1.165, 1.54) is 25.4 Å². The first-order valence-electron chi connectivity index (χ1n) is 8.10. The van der Waals surface area contributed by atoms with Gasteiger partial charge in [0.05, 0.1) is 17.4 Å². The summed E-state index contributed by atoms with van der Waals surface area (Å²) in [6.07, 6.45) is 3.86. The van der Waals surface area contributed by atoms with Crippen LogP contribution in [0.3, 0.4) is 0 Å². The van der Waals surface area contributed by atoms with Gasteiger partial charge in [0.2, 0.25) is 0 Å². The van der Waals surface area contributed by atoms with Crippen LogP contribution in [0, 0.1) is 5.92 Å². The zero-order chi connectivity index (χ0) is 18.4. The monoisotopic (exact) mass is 361 g/mol. The van der Waals surface area contributed by atoms with Gasteiger partial charge in [-0.05, 0) is 36.6 Å². The van der Waals surface area contributed by atoms with Crippen LogP contribution in [0.2, 0.25) is 0 Å². The highest BCUT2D eigenvalue weighted by Gasteiger charge is 2.26. The Bertz CT molecular complexity index is 820. The molecule has 0 aliphatic heterocycles. The molecule has 134 valence electrons. The number of nitrogens with one attached hydrogen (secondary N) is 1. The molecule has 6 nitrogen and oxygen atoms in total. The number of anilines is 1. The van der Waals surface area contributed by atoms with Crippen molar-refractivity contribution in [1.82, 2.24) is 10.3 Å². The maximum absolute atomic E-state index is 13.0. The van der Waals surface area contributed by atoms with Crippen LogP contribution < -0.4 is 9.62 Å². The van der Waals surface area contributed by atoms with E-state index in [2.05, 4.69) is 24.1 Å². The van der Waals surface area contributed by atoms with Gasteiger partial charge in [-0.2, -0.15) is 0 Å². The maximum Gasteiger partial charge on any atom is 0.264 e. The van der Waals surface area contributed by atoms with E-state index in [-0.39, 0.29) is 16.4 Å². The normalized spacial score (nSPS) is 11.4. The molecule has 0 fully saturated rings. The molecule has 0 radical (unpaired) electrons. The fourth-order valence-corrected chi connectivity index (χ4v) is 3.64. The molecule has 2 rings (SSSR count). The summed E-state index contributed by atoms with van der Waals surface area (Å²) in [5.41, 5.74) is 0.569. The van der Waals surface area contributed by atoms with Crippen LogP contribution in [-0.2, 0) is 10.0 Å². The minimum absolute atomic E-state index is 0.0246. The SMILES string of the molecule is CC(C)CCNC(=O)c1ccccc1S(=O)(=O)N(C)c1cccnc1. The summed E-state index contributed by atoms with van der Waals surface area (Å²) < 4.78 is 27.0. The van der Waals surface area contributed by atoms with Gasteiger partial charge >= 0.3 is 0 Å². The number of hydrogen-bond acceptors (Lipinski definition) is 4. The van der Waals surface area contributed by atoms with Crippen molar-refractivity contribution in [2.45, 2.75) is 25.2 Å². The highest BCUT2D eigenvalue weighted by molar-refractivity contribution is 7.92. The molecule has 0 bridgehead atoms. The summed E-state index contributed by atoms with van der Waals surface area (Å²) in [5.74, 6) is 0.0652. The smallest absolute Gasteiger partial charge is 0.264 e. The average Bonchev–Trinajstić information content (AvgIpc) is 2.61. The summed E-state index contributed by atoms with van der Waals surface area (Å²) >= 11 is 0. The van der Waals surface area contributed by atoms with Crippen molar-refractivity contribution in [1.29, 1.82) is 0 Å². The van der Waals surface area contributed by atoms with Crippen molar-refractivity contribution in [3.8, 4) is 0 Å². The molecule has 0 spiro atoms. The molecule has 1 N–H and O–H groups in total. The second-order valence-corrected chi connectivity index (χ2v) is 8.06. The van der Waals surface area contributed by atoms with Gasteiger partial charge in [0.15, 0.2) is 0 Å². The van der Waals surface area contributed by atoms with Crippen LogP contribution in [0.5, 0.6) is 0 Å². The zero-order valence-corrected chi connectivity index (χ0v) is 15.5. The Morgan fingerprint density at radius 1 is 1.20 bits per heavy atom. The first kappa shape index (κ1) is 18.9. The average molecular weight is 361 g/mol. The van der Waals surface area contributed by atoms with Crippen molar-refractivity contribution < 1.29 is 13.2 Å². The van der Waals surface area contributed by atoms with Gasteiger partial charge in [-0.15, -0.1) is 0 Å². The minimum Gasteiger partial charge on any atom is -0.352 e. The first-order chi connectivity index (χ1) is 11.8. The Morgan fingerprint density at radius 2 is 1.92 bits per heavy atom. The van der Waals surface area contributed by atoms with E-state index in [0.717, 1.165) is 10.7 Å². The highest BCUT2D eigenvalue weighted by Crippen LogP contribution is 2.23. The number of rotatable bonds is 7. The molecule has 1 aromatic heterocycles. The molecule has 0 aliphatic carbocycles. The Morgan fingerprint density at radius 3 is 2.56 bits per heavy atom. The lowest BCUT2D eigenvalue weighted by atomic mass is 10.1. The van der Waals surface area contributed by atoms with E-state index < -0.39 is 10.0 Å². The van der Waals surface area contributed by atoms with E-state index in [0.29, 0.717) is 18.2 Å². The Hall–Kier alpha value is -2.41. The molecule has 2 aromatic rings. The van der Waals surface area contributed by atoms with Gasteiger partial charge in [-0.25, -0.2) is 8.42 Å². The van der Waals surface area contributed by atoms with Crippen LogP contribution in [0.15, 0.2) is 53.7 Å². The van der Waals surface area contributed by atoms with Crippen molar-refractivity contribution >= 4 is 21.6 Å². The van der Waals surface area contributed by atoms with Gasteiger partial charge in [0.25, 0.3) is 15.9 Å². The number of sulfonamides is 1. The molecule has 1 amide bonds. The number of nitrogens with zero attached hydrogens (tertiary/aromatic N) is 2. The van der Waals surface area contributed by atoms with E-state index in [4.69, 9.17) is 0 Å². The van der Waals surface area contributed by atoms with Gasteiger partial charge in [0.1, 0.15) is 4.90 Å². The van der Waals surface area contributed by atoms with E-state index in [9.17, 15) is 13.2 Å². The largest absolute Gasteiger partial charge is 0.352 e. The lowest BCUT2D eigenvalue weighted by molar-refractivity contribution is 0.0948. The molecule has 1 heterocycles. The summed E-state index contributed by atoms with van der Waals surface area (Å²) in [7, 11) is -2.43. The fraction of sp³-hybridized carbons (Fsp3) is 0.333. The quantitative estimate of drug-likeness (QED) is 0.822. The third-order valence-corrected chi connectivity index (χ3v) is 5.63. The topological polar surface area (TPSA) is 79.4 Å². The van der Waals surface area contributed by atoms with Gasteiger partial charge in [0, 0.05) is 19.8 Å². The predicted molar refractivity (Wildman–Crippen MR) is 98.1 cm³/mol. The number of aromatic nitrogens is 1. The molecule has 0 saturated heterocycles. The summed E-state index contributed by atoms with van der Waals surface area (Å²) in [6, 6.07) is 9.53. The molecule has 0 atom stereocenters. The predicted octanol–water partition coefficient (Wildman–Crippen LogP) is 2.68. The van der Waals surface area contributed by atoms with Gasteiger partial charge < -0.3 is 5.32 Å². The Balaban J connectivity index is 2.31. The maximum atomic E-state index is 13.0. The Labute approximate surface area is 148 Å². The van der Waals surface area contributed by atoms with Crippen LogP contribution in [0.4, 0.5) is 5.69 Å². The van der Waals surface area contributed by atoms with Crippen molar-refractivity contribution in [2.24, 2.45) is 5.92 Å². The molecular weight excluding hydrogens is 338 g/mol. The number of carbonyl (C=O) groups excluding carboxylic acids is 1. The summed E-state index contributed by atoms with van der Waals surface area (Å²) in [6.45, 7) is 4.63. The number of hydrogen-bond donors (Lipinski definition) is 1.